The maximum atomic E-state index is 10.9. The molecule has 2 aromatic rings. The molecule has 116 valence electrons. The molecule has 0 bridgehead atoms. The van der Waals surface area contributed by atoms with Crippen molar-refractivity contribution in [1.29, 1.82) is 5.26 Å². The summed E-state index contributed by atoms with van der Waals surface area (Å²) in [5.41, 5.74) is 2.05. The second kappa shape index (κ2) is 7.61. The highest BCUT2D eigenvalue weighted by Crippen LogP contribution is 2.28. The van der Waals surface area contributed by atoms with Gasteiger partial charge >= 0.3 is 5.97 Å². The van der Waals surface area contributed by atoms with Gasteiger partial charge in [-0.15, -0.1) is 0 Å². The third kappa shape index (κ3) is 4.21. The molecule has 0 unspecified atom stereocenters. The molecule has 23 heavy (non-hydrogen) atoms. The minimum Gasteiger partial charge on any atom is -0.493 e. The van der Waals surface area contributed by atoms with Gasteiger partial charge in [-0.3, -0.25) is 0 Å². The predicted molar refractivity (Wildman–Crippen MR) is 92.2 cm³/mol. The van der Waals surface area contributed by atoms with E-state index < -0.39 is 5.97 Å². The topological polar surface area (TPSA) is 70.3 Å². The average molecular weight is 372 g/mol. The van der Waals surface area contributed by atoms with Crippen LogP contribution in [0.15, 0.2) is 46.9 Å². The predicted octanol–water partition coefficient (Wildman–Crippen LogP) is 4.61. The Kier molecular flexibility index (Phi) is 5.56. The normalized spacial score (nSPS) is 10.9. The Labute approximate surface area is 142 Å². The highest BCUT2D eigenvalue weighted by molar-refractivity contribution is 9.10. The van der Waals surface area contributed by atoms with Crippen molar-refractivity contribution in [1.82, 2.24) is 0 Å². The van der Waals surface area contributed by atoms with E-state index in [1.165, 1.54) is 12.1 Å². The number of ether oxygens (including phenoxy) is 1. The van der Waals surface area contributed by atoms with Crippen LogP contribution >= 0.6 is 15.9 Å². The van der Waals surface area contributed by atoms with Crippen molar-refractivity contribution in [3.05, 3.63) is 63.6 Å². The summed E-state index contributed by atoms with van der Waals surface area (Å²) in [5, 5.41) is 18.4. The Balaban J connectivity index is 2.45. The molecule has 4 nitrogen and oxygen atoms in total. The Morgan fingerprint density at radius 2 is 1.91 bits per heavy atom. The highest BCUT2D eigenvalue weighted by atomic mass is 79.9. The van der Waals surface area contributed by atoms with E-state index in [2.05, 4.69) is 22.0 Å². The molecule has 0 heterocycles. The first-order valence-electron chi connectivity index (χ1n) is 6.93. The van der Waals surface area contributed by atoms with Crippen molar-refractivity contribution in [2.45, 2.75) is 6.92 Å². The summed E-state index contributed by atoms with van der Waals surface area (Å²) in [7, 11) is 0. The van der Waals surface area contributed by atoms with Gasteiger partial charge in [0.1, 0.15) is 5.75 Å². The van der Waals surface area contributed by atoms with E-state index in [9.17, 15) is 10.1 Å². The van der Waals surface area contributed by atoms with Crippen LogP contribution in [0.5, 0.6) is 5.75 Å². The van der Waals surface area contributed by atoms with Gasteiger partial charge in [0.15, 0.2) is 0 Å². The van der Waals surface area contributed by atoms with Crippen LogP contribution in [-0.2, 0) is 0 Å². The first-order valence-corrected chi connectivity index (χ1v) is 7.72. The molecule has 0 aliphatic rings. The summed E-state index contributed by atoms with van der Waals surface area (Å²) in [4.78, 5) is 10.9. The van der Waals surface area contributed by atoms with Crippen LogP contribution in [0.25, 0.3) is 11.6 Å². The molecule has 5 heteroatoms. The monoisotopic (exact) mass is 371 g/mol. The molecule has 0 aliphatic carbocycles. The van der Waals surface area contributed by atoms with Crippen LogP contribution in [0, 0.1) is 11.3 Å². The fraction of sp³-hybridized carbons (Fsp3) is 0.111. The summed E-state index contributed by atoms with van der Waals surface area (Å²) in [6, 6.07) is 13.9. The van der Waals surface area contributed by atoms with Crippen LogP contribution < -0.4 is 4.74 Å². The molecule has 0 aromatic heterocycles. The Morgan fingerprint density at radius 3 is 2.48 bits per heavy atom. The largest absolute Gasteiger partial charge is 0.493 e. The molecule has 0 saturated carbocycles. The van der Waals surface area contributed by atoms with Gasteiger partial charge in [-0.1, -0.05) is 28.1 Å². The summed E-state index contributed by atoms with van der Waals surface area (Å²) in [5.74, 6) is -0.310. The number of aromatic carboxylic acids is 1. The van der Waals surface area contributed by atoms with E-state index in [0.29, 0.717) is 23.5 Å². The number of nitriles is 1. The van der Waals surface area contributed by atoms with Gasteiger partial charge in [0.25, 0.3) is 0 Å². The van der Waals surface area contributed by atoms with E-state index in [0.717, 1.165) is 10.0 Å². The zero-order valence-corrected chi connectivity index (χ0v) is 14.0. The lowest BCUT2D eigenvalue weighted by Gasteiger charge is -2.08. The lowest BCUT2D eigenvalue weighted by atomic mass is 10.0. The zero-order chi connectivity index (χ0) is 16.8. The minimum absolute atomic E-state index is 0.184. The van der Waals surface area contributed by atoms with Crippen molar-refractivity contribution in [2.75, 3.05) is 6.61 Å². The number of carboxylic acid groups (broad SMARTS) is 1. The molecule has 0 aliphatic heterocycles. The lowest BCUT2D eigenvalue weighted by Crippen LogP contribution is -1.96. The Morgan fingerprint density at radius 1 is 1.26 bits per heavy atom. The minimum atomic E-state index is -0.996. The van der Waals surface area contributed by atoms with Gasteiger partial charge in [0.05, 0.1) is 23.8 Å². The standard InChI is InChI=1S/C18H14BrNO3/c1-2-23-17-8-7-16(19)10-14(17)9-15(11-20)12-3-5-13(6-4-12)18(21)22/h3-10H,2H2,1H3,(H,21,22)/b15-9-. The van der Waals surface area contributed by atoms with Crippen molar-refractivity contribution in [3.8, 4) is 11.8 Å². The van der Waals surface area contributed by atoms with Crippen molar-refractivity contribution in [2.24, 2.45) is 0 Å². The molecular weight excluding hydrogens is 358 g/mol. The van der Waals surface area contributed by atoms with Crippen LogP contribution in [-0.4, -0.2) is 17.7 Å². The molecule has 0 amide bonds. The summed E-state index contributed by atoms with van der Waals surface area (Å²) in [6.07, 6.45) is 1.73. The molecule has 2 rings (SSSR count). The van der Waals surface area contributed by atoms with Crippen LogP contribution in [0.3, 0.4) is 0 Å². The average Bonchev–Trinajstić information content (AvgIpc) is 2.55. The van der Waals surface area contributed by atoms with Gasteiger partial charge in [-0.25, -0.2) is 4.79 Å². The fourth-order valence-electron chi connectivity index (χ4n) is 2.05. The number of benzene rings is 2. The lowest BCUT2D eigenvalue weighted by molar-refractivity contribution is 0.0697. The summed E-state index contributed by atoms with van der Waals surface area (Å²) in [6.45, 7) is 2.42. The van der Waals surface area contributed by atoms with Crippen molar-refractivity contribution < 1.29 is 14.6 Å². The quantitative estimate of drug-likeness (QED) is 0.615. The first kappa shape index (κ1) is 16.8. The maximum Gasteiger partial charge on any atom is 0.335 e. The fourth-order valence-corrected chi connectivity index (χ4v) is 2.43. The SMILES string of the molecule is CCOc1ccc(Br)cc1/C=C(/C#N)c1ccc(C(=O)O)cc1. The van der Waals surface area contributed by atoms with Gasteiger partial charge in [-0.2, -0.15) is 5.26 Å². The second-order valence-corrected chi connectivity index (χ2v) is 5.58. The summed E-state index contributed by atoms with van der Waals surface area (Å²) < 4.78 is 6.45. The number of allylic oxidation sites excluding steroid dienone is 1. The number of rotatable bonds is 5. The molecule has 0 saturated heterocycles. The molecule has 0 fully saturated rings. The smallest absolute Gasteiger partial charge is 0.335 e. The molecule has 0 radical (unpaired) electrons. The van der Waals surface area contributed by atoms with Crippen molar-refractivity contribution in [3.63, 3.8) is 0 Å². The van der Waals surface area contributed by atoms with E-state index in [1.807, 2.05) is 25.1 Å². The number of nitrogens with zero attached hydrogens (tertiary/aromatic N) is 1. The highest BCUT2D eigenvalue weighted by Gasteiger charge is 2.08. The van der Waals surface area contributed by atoms with Crippen LogP contribution in [0.4, 0.5) is 0 Å². The maximum absolute atomic E-state index is 10.9. The number of hydrogen-bond donors (Lipinski definition) is 1. The van der Waals surface area contributed by atoms with Gasteiger partial charge < -0.3 is 9.84 Å². The zero-order valence-electron chi connectivity index (χ0n) is 12.4. The van der Waals surface area contributed by atoms with E-state index in [1.54, 1.807) is 18.2 Å². The number of halogens is 1. The molecule has 0 atom stereocenters. The summed E-state index contributed by atoms with van der Waals surface area (Å²) >= 11 is 3.41. The van der Waals surface area contributed by atoms with E-state index >= 15 is 0 Å². The van der Waals surface area contributed by atoms with E-state index in [4.69, 9.17) is 9.84 Å². The molecule has 0 spiro atoms. The third-order valence-corrected chi connectivity index (χ3v) is 3.63. The second-order valence-electron chi connectivity index (χ2n) is 4.67. The Bertz CT molecular complexity index is 789. The number of carboxylic acids is 1. The number of carbonyl (C=O) groups is 1. The van der Waals surface area contributed by atoms with Gasteiger partial charge in [0.2, 0.25) is 0 Å². The first-order chi connectivity index (χ1) is 11.0. The van der Waals surface area contributed by atoms with Crippen LogP contribution in [0.2, 0.25) is 0 Å². The number of hydrogen-bond acceptors (Lipinski definition) is 3. The van der Waals surface area contributed by atoms with Crippen molar-refractivity contribution >= 4 is 33.5 Å². The molecule has 2 aromatic carbocycles. The Hall–Kier alpha value is -2.58. The molecule has 1 N–H and O–H groups in total. The van der Waals surface area contributed by atoms with Gasteiger partial charge in [-0.05, 0) is 48.9 Å². The molecular formula is C18H14BrNO3. The van der Waals surface area contributed by atoms with Crippen LogP contribution in [0.1, 0.15) is 28.4 Å². The van der Waals surface area contributed by atoms with E-state index in [-0.39, 0.29) is 5.56 Å². The van der Waals surface area contributed by atoms with Gasteiger partial charge in [0, 0.05) is 10.0 Å². The third-order valence-electron chi connectivity index (χ3n) is 3.13.